The molecular weight excluding hydrogens is 336 g/mol. The first-order valence-electron chi connectivity index (χ1n) is 7.61. The molecule has 2 aromatic carbocycles. The fraction of sp³-hybridized carbons (Fsp3) is 0.111. The van der Waals surface area contributed by atoms with E-state index >= 15 is 0 Å². The van der Waals surface area contributed by atoms with E-state index < -0.39 is 0 Å². The summed E-state index contributed by atoms with van der Waals surface area (Å²) in [7, 11) is 0. The van der Waals surface area contributed by atoms with E-state index in [1.165, 1.54) is 13.3 Å². The Morgan fingerprint density at radius 1 is 1.04 bits per heavy atom. The van der Waals surface area contributed by atoms with Gasteiger partial charge in [-0.25, -0.2) is 4.98 Å². The smallest absolute Gasteiger partial charge is 0.255 e. The number of carbonyl (C=O) groups excluding carboxylic acids is 2. The summed E-state index contributed by atoms with van der Waals surface area (Å²) >= 11 is 1.54. The molecule has 0 aliphatic rings. The number of thioether (sulfide) groups is 1. The highest BCUT2D eigenvalue weighted by atomic mass is 32.2. The molecule has 0 atom stereocenters. The third-order valence-corrected chi connectivity index (χ3v) is 4.48. The van der Waals surface area contributed by atoms with Gasteiger partial charge in [-0.1, -0.05) is 23.9 Å². The molecule has 0 spiro atoms. The maximum absolute atomic E-state index is 12.3. The molecule has 0 aliphatic carbocycles. The van der Waals surface area contributed by atoms with Crippen LogP contribution in [0.1, 0.15) is 33.2 Å². The second-order valence-electron chi connectivity index (χ2n) is 5.36. The van der Waals surface area contributed by atoms with Gasteiger partial charge in [-0.05, 0) is 48.9 Å². The summed E-state index contributed by atoms with van der Waals surface area (Å²) in [6.07, 6.45) is 1.47. The second-order valence-corrected chi connectivity index (χ2v) is 6.33. The molecule has 0 radical (unpaired) electrons. The number of ketones is 1. The number of hydrogen-bond donors (Lipinski definition) is 2. The van der Waals surface area contributed by atoms with E-state index in [9.17, 15) is 9.59 Å². The van der Waals surface area contributed by atoms with Crippen molar-refractivity contribution >= 4 is 29.1 Å². The van der Waals surface area contributed by atoms with Crippen LogP contribution in [0.5, 0.6) is 0 Å². The average Bonchev–Trinajstić information content (AvgIpc) is 3.14. The first kappa shape index (κ1) is 16.9. The SMILES string of the molecule is CC(=O)c1ccc(NC(=O)c2ccc(CSc3ncn[nH]3)cc2)cc1. The number of carbonyl (C=O) groups is 2. The number of nitrogens with zero attached hydrogens (tertiary/aromatic N) is 2. The number of aromatic amines is 1. The minimum Gasteiger partial charge on any atom is -0.322 e. The standard InChI is InChI=1S/C18H16N4O2S/c1-12(23)14-6-8-16(9-7-14)21-17(24)15-4-2-13(3-5-15)10-25-18-19-11-20-22-18/h2-9,11H,10H2,1H3,(H,21,24)(H,19,20,22). The van der Waals surface area contributed by atoms with Crippen molar-refractivity contribution in [3.05, 3.63) is 71.5 Å². The fourth-order valence-electron chi connectivity index (χ4n) is 2.16. The lowest BCUT2D eigenvalue weighted by atomic mass is 10.1. The van der Waals surface area contributed by atoms with E-state index in [0.29, 0.717) is 16.8 Å². The van der Waals surface area contributed by atoms with Crippen molar-refractivity contribution in [3.8, 4) is 0 Å². The summed E-state index contributed by atoms with van der Waals surface area (Å²) in [5.41, 5.74) is 2.93. The van der Waals surface area contributed by atoms with Gasteiger partial charge in [0.05, 0.1) is 0 Å². The Hall–Kier alpha value is -2.93. The predicted octanol–water partition coefficient (Wildman–Crippen LogP) is 3.55. The Balaban J connectivity index is 1.59. The average molecular weight is 352 g/mol. The van der Waals surface area contributed by atoms with Crippen LogP contribution in [0.25, 0.3) is 0 Å². The van der Waals surface area contributed by atoms with Crippen LogP contribution in [-0.2, 0) is 5.75 Å². The molecule has 0 saturated carbocycles. The lowest BCUT2D eigenvalue weighted by Crippen LogP contribution is -2.11. The summed E-state index contributed by atoms with van der Waals surface area (Å²) in [6.45, 7) is 1.51. The minimum absolute atomic E-state index is 0.00309. The van der Waals surface area contributed by atoms with Crippen molar-refractivity contribution in [1.29, 1.82) is 0 Å². The van der Waals surface area contributed by atoms with Crippen LogP contribution < -0.4 is 5.32 Å². The molecule has 0 saturated heterocycles. The number of aromatic nitrogens is 3. The Morgan fingerprint density at radius 2 is 1.72 bits per heavy atom. The Labute approximate surface area is 149 Å². The summed E-state index contributed by atoms with van der Waals surface area (Å²) < 4.78 is 0. The van der Waals surface area contributed by atoms with Crippen LogP contribution in [0.3, 0.4) is 0 Å². The molecule has 0 unspecified atom stereocenters. The Morgan fingerprint density at radius 3 is 2.32 bits per heavy atom. The van der Waals surface area contributed by atoms with Crippen LogP contribution in [0.4, 0.5) is 5.69 Å². The number of Topliss-reactive ketones (excluding diaryl/α,β-unsaturated/α-hetero) is 1. The highest BCUT2D eigenvalue weighted by Gasteiger charge is 2.07. The monoisotopic (exact) mass is 352 g/mol. The molecule has 7 heteroatoms. The van der Waals surface area contributed by atoms with Crippen molar-refractivity contribution in [2.24, 2.45) is 0 Å². The van der Waals surface area contributed by atoms with Gasteiger partial charge in [0.25, 0.3) is 5.91 Å². The van der Waals surface area contributed by atoms with Crippen molar-refractivity contribution in [1.82, 2.24) is 15.2 Å². The first-order chi connectivity index (χ1) is 12.1. The molecule has 6 nitrogen and oxygen atoms in total. The highest BCUT2D eigenvalue weighted by Crippen LogP contribution is 2.19. The largest absolute Gasteiger partial charge is 0.322 e. The zero-order valence-electron chi connectivity index (χ0n) is 13.5. The van der Waals surface area contributed by atoms with Crippen LogP contribution in [0.2, 0.25) is 0 Å². The molecule has 0 bridgehead atoms. The van der Waals surface area contributed by atoms with E-state index in [0.717, 1.165) is 16.5 Å². The van der Waals surface area contributed by atoms with E-state index in [1.54, 1.807) is 48.2 Å². The molecular formula is C18H16N4O2S. The molecule has 1 amide bonds. The van der Waals surface area contributed by atoms with Gasteiger partial charge >= 0.3 is 0 Å². The Kier molecular flexibility index (Phi) is 5.25. The van der Waals surface area contributed by atoms with E-state index in [-0.39, 0.29) is 11.7 Å². The van der Waals surface area contributed by atoms with E-state index in [1.807, 2.05) is 12.1 Å². The number of hydrogen-bond acceptors (Lipinski definition) is 5. The number of anilines is 1. The van der Waals surface area contributed by atoms with Gasteiger partial charge in [0.2, 0.25) is 0 Å². The summed E-state index contributed by atoms with van der Waals surface area (Å²) in [5, 5.41) is 10.2. The first-order valence-corrected chi connectivity index (χ1v) is 8.60. The quantitative estimate of drug-likeness (QED) is 0.523. The lowest BCUT2D eigenvalue weighted by Gasteiger charge is -2.07. The van der Waals surface area contributed by atoms with Gasteiger partial charge in [0, 0.05) is 22.6 Å². The van der Waals surface area contributed by atoms with Gasteiger partial charge in [0.1, 0.15) is 6.33 Å². The zero-order chi connectivity index (χ0) is 17.6. The summed E-state index contributed by atoms with van der Waals surface area (Å²) in [5.74, 6) is 0.547. The fourth-order valence-corrected chi connectivity index (χ4v) is 2.89. The van der Waals surface area contributed by atoms with Crippen molar-refractivity contribution in [3.63, 3.8) is 0 Å². The maximum atomic E-state index is 12.3. The normalized spacial score (nSPS) is 10.4. The van der Waals surface area contributed by atoms with E-state index in [2.05, 4.69) is 20.5 Å². The molecule has 3 aromatic rings. The van der Waals surface area contributed by atoms with Crippen LogP contribution >= 0.6 is 11.8 Å². The molecule has 126 valence electrons. The molecule has 3 rings (SSSR count). The highest BCUT2D eigenvalue weighted by molar-refractivity contribution is 7.98. The molecule has 0 fully saturated rings. The molecule has 25 heavy (non-hydrogen) atoms. The van der Waals surface area contributed by atoms with Crippen molar-refractivity contribution < 1.29 is 9.59 Å². The van der Waals surface area contributed by atoms with Gasteiger partial charge in [-0.3, -0.25) is 14.7 Å². The van der Waals surface area contributed by atoms with Crippen molar-refractivity contribution in [2.75, 3.05) is 5.32 Å². The number of amides is 1. The summed E-state index contributed by atoms with van der Waals surface area (Å²) in [4.78, 5) is 27.6. The predicted molar refractivity (Wildman–Crippen MR) is 96.8 cm³/mol. The number of benzene rings is 2. The minimum atomic E-state index is -0.190. The van der Waals surface area contributed by atoms with Crippen LogP contribution in [0.15, 0.2) is 60.0 Å². The molecule has 2 N–H and O–H groups in total. The third-order valence-electron chi connectivity index (χ3n) is 3.53. The van der Waals surface area contributed by atoms with Gasteiger partial charge < -0.3 is 5.32 Å². The molecule has 0 aliphatic heterocycles. The van der Waals surface area contributed by atoms with Crippen LogP contribution in [0, 0.1) is 0 Å². The summed E-state index contributed by atoms with van der Waals surface area (Å²) in [6, 6.07) is 14.2. The molecule has 1 aromatic heterocycles. The molecule has 1 heterocycles. The van der Waals surface area contributed by atoms with E-state index in [4.69, 9.17) is 0 Å². The Bertz CT molecular complexity index is 859. The zero-order valence-corrected chi connectivity index (χ0v) is 14.3. The second kappa shape index (κ2) is 7.76. The van der Waals surface area contributed by atoms with Crippen LogP contribution in [-0.4, -0.2) is 26.9 Å². The lowest BCUT2D eigenvalue weighted by molar-refractivity contribution is 0.101. The third kappa shape index (κ3) is 4.54. The van der Waals surface area contributed by atoms with Gasteiger partial charge in [0.15, 0.2) is 10.9 Å². The van der Waals surface area contributed by atoms with Crippen molar-refractivity contribution in [2.45, 2.75) is 17.8 Å². The maximum Gasteiger partial charge on any atom is 0.255 e. The van der Waals surface area contributed by atoms with Gasteiger partial charge in [-0.2, -0.15) is 5.10 Å². The van der Waals surface area contributed by atoms with Gasteiger partial charge in [-0.15, -0.1) is 0 Å². The number of rotatable bonds is 6. The topological polar surface area (TPSA) is 87.7 Å². The number of H-pyrrole nitrogens is 1. The number of nitrogens with one attached hydrogen (secondary N) is 2.